The summed E-state index contributed by atoms with van der Waals surface area (Å²) in [5.41, 5.74) is -0.192. The van der Waals surface area contributed by atoms with Crippen LogP contribution in [0.25, 0.3) is 0 Å². The van der Waals surface area contributed by atoms with E-state index in [0.29, 0.717) is 13.1 Å². The van der Waals surface area contributed by atoms with Crippen molar-refractivity contribution < 1.29 is 14.5 Å². The summed E-state index contributed by atoms with van der Waals surface area (Å²) in [5.74, 6) is -0.585. The van der Waals surface area contributed by atoms with Crippen molar-refractivity contribution in [2.24, 2.45) is 0 Å². The molecule has 1 saturated heterocycles. The molecule has 0 atom stereocenters. The standard InChI is InChI=1S/C12H13ClN4O4/c13-8-1-2-10(17(20)21)9(5-8)15-12(19)7-16-4-3-14-11(18)6-16/h1-2,5H,3-4,6-7H2,(H,14,18)(H,15,19). The molecule has 0 unspecified atom stereocenters. The number of rotatable bonds is 4. The SMILES string of the molecule is O=C1CN(CC(=O)Nc2cc(Cl)ccc2[N+](=O)[O-])CCN1. The highest BCUT2D eigenvalue weighted by Gasteiger charge is 2.21. The van der Waals surface area contributed by atoms with E-state index in [1.807, 2.05) is 0 Å². The monoisotopic (exact) mass is 312 g/mol. The fourth-order valence-corrected chi connectivity index (χ4v) is 2.16. The number of nitrogens with zero attached hydrogens (tertiary/aromatic N) is 2. The molecule has 9 heteroatoms. The lowest BCUT2D eigenvalue weighted by atomic mass is 10.2. The van der Waals surface area contributed by atoms with Crippen molar-refractivity contribution in [1.82, 2.24) is 10.2 Å². The molecular formula is C12H13ClN4O4. The van der Waals surface area contributed by atoms with E-state index in [1.165, 1.54) is 18.2 Å². The van der Waals surface area contributed by atoms with Gasteiger partial charge in [-0.25, -0.2) is 0 Å². The zero-order valence-electron chi connectivity index (χ0n) is 11.0. The first kappa shape index (κ1) is 15.2. The van der Waals surface area contributed by atoms with Gasteiger partial charge in [-0.1, -0.05) is 11.6 Å². The molecule has 0 aliphatic carbocycles. The van der Waals surface area contributed by atoms with Crippen LogP contribution in [0.4, 0.5) is 11.4 Å². The third-order valence-corrected chi connectivity index (χ3v) is 3.15. The largest absolute Gasteiger partial charge is 0.354 e. The maximum absolute atomic E-state index is 11.9. The van der Waals surface area contributed by atoms with Crippen molar-refractivity contribution >= 4 is 34.8 Å². The van der Waals surface area contributed by atoms with Gasteiger partial charge in [0.15, 0.2) is 0 Å². The quantitative estimate of drug-likeness (QED) is 0.626. The number of carbonyl (C=O) groups excluding carboxylic acids is 2. The second-order valence-electron chi connectivity index (χ2n) is 4.53. The maximum Gasteiger partial charge on any atom is 0.292 e. The van der Waals surface area contributed by atoms with Crippen LogP contribution < -0.4 is 10.6 Å². The smallest absolute Gasteiger partial charge is 0.292 e. The van der Waals surface area contributed by atoms with E-state index >= 15 is 0 Å². The Bertz CT molecular complexity index is 593. The first-order valence-electron chi connectivity index (χ1n) is 6.18. The number of nitro groups is 1. The van der Waals surface area contributed by atoms with E-state index in [-0.39, 0.29) is 35.4 Å². The number of halogens is 1. The van der Waals surface area contributed by atoms with Gasteiger partial charge in [-0.05, 0) is 12.1 Å². The zero-order valence-corrected chi connectivity index (χ0v) is 11.7. The Morgan fingerprint density at radius 3 is 2.95 bits per heavy atom. The molecule has 0 bridgehead atoms. The first-order chi connectivity index (χ1) is 9.95. The molecule has 1 fully saturated rings. The van der Waals surface area contributed by atoms with E-state index in [9.17, 15) is 19.7 Å². The Balaban J connectivity index is 2.03. The van der Waals surface area contributed by atoms with Gasteiger partial charge >= 0.3 is 0 Å². The summed E-state index contributed by atoms with van der Waals surface area (Å²) >= 11 is 5.78. The van der Waals surface area contributed by atoms with Gasteiger partial charge in [-0.15, -0.1) is 0 Å². The number of anilines is 1. The fraction of sp³-hybridized carbons (Fsp3) is 0.333. The molecule has 1 aromatic rings. The number of nitro benzene ring substituents is 1. The Kier molecular flexibility index (Phi) is 4.71. The molecule has 1 heterocycles. The molecule has 0 radical (unpaired) electrons. The van der Waals surface area contributed by atoms with Crippen molar-refractivity contribution in [2.45, 2.75) is 0 Å². The summed E-state index contributed by atoms with van der Waals surface area (Å²) in [4.78, 5) is 35.1. The average molecular weight is 313 g/mol. The van der Waals surface area contributed by atoms with Gasteiger partial charge in [0, 0.05) is 24.2 Å². The van der Waals surface area contributed by atoms with Crippen LogP contribution >= 0.6 is 11.6 Å². The Hall–Kier alpha value is -2.19. The van der Waals surface area contributed by atoms with E-state index in [0.717, 1.165) is 0 Å². The fourth-order valence-electron chi connectivity index (χ4n) is 1.99. The Morgan fingerprint density at radius 2 is 2.29 bits per heavy atom. The molecule has 112 valence electrons. The number of hydrogen-bond donors (Lipinski definition) is 2. The predicted octanol–water partition coefficient (Wildman–Crippen LogP) is 0.618. The van der Waals surface area contributed by atoms with Gasteiger partial charge in [0.2, 0.25) is 11.8 Å². The second-order valence-corrected chi connectivity index (χ2v) is 4.96. The molecule has 0 spiro atoms. The highest BCUT2D eigenvalue weighted by Crippen LogP contribution is 2.27. The summed E-state index contributed by atoms with van der Waals surface area (Å²) in [6.45, 7) is 1.14. The number of amides is 2. The molecule has 1 aromatic carbocycles. The molecule has 2 rings (SSSR count). The zero-order chi connectivity index (χ0) is 15.4. The Labute approximate surface area is 125 Å². The van der Waals surface area contributed by atoms with Gasteiger partial charge in [0.05, 0.1) is 18.0 Å². The van der Waals surface area contributed by atoms with E-state index < -0.39 is 10.8 Å². The molecule has 0 aromatic heterocycles. The van der Waals surface area contributed by atoms with E-state index in [2.05, 4.69) is 10.6 Å². The van der Waals surface area contributed by atoms with Crippen molar-refractivity contribution in [3.8, 4) is 0 Å². The van der Waals surface area contributed by atoms with Crippen LogP contribution in [0.15, 0.2) is 18.2 Å². The molecule has 2 amide bonds. The summed E-state index contributed by atoms with van der Waals surface area (Å²) in [5, 5.41) is 16.3. The van der Waals surface area contributed by atoms with Crippen molar-refractivity contribution in [1.29, 1.82) is 0 Å². The van der Waals surface area contributed by atoms with E-state index in [4.69, 9.17) is 11.6 Å². The molecular weight excluding hydrogens is 300 g/mol. The molecule has 1 aliphatic heterocycles. The molecule has 21 heavy (non-hydrogen) atoms. The van der Waals surface area contributed by atoms with Crippen LogP contribution in [0.1, 0.15) is 0 Å². The number of hydrogen-bond acceptors (Lipinski definition) is 5. The second kappa shape index (κ2) is 6.51. The van der Waals surface area contributed by atoms with Crippen LogP contribution in [0.2, 0.25) is 5.02 Å². The number of benzene rings is 1. The van der Waals surface area contributed by atoms with Gasteiger partial charge in [0.1, 0.15) is 5.69 Å². The first-order valence-corrected chi connectivity index (χ1v) is 6.56. The topological polar surface area (TPSA) is 105 Å². The maximum atomic E-state index is 11.9. The third-order valence-electron chi connectivity index (χ3n) is 2.91. The number of carbonyl (C=O) groups is 2. The minimum absolute atomic E-state index is 0.0168. The van der Waals surface area contributed by atoms with E-state index in [1.54, 1.807) is 4.90 Å². The lowest BCUT2D eigenvalue weighted by molar-refractivity contribution is -0.383. The van der Waals surface area contributed by atoms with Gasteiger partial charge in [0.25, 0.3) is 5.69 Å². The van der Waals surface area contributed by atoms with Gasteiger partial charge in [-0.3, -0.25) is 24.6 Å². The van der Waals surface area contributed by atoms with Crippen LogP contribution in [-0.4, -0.2) is 47.8 Å². The van der Waals surface area contributed by atoms with Crippen molar-refractivity contribution in [3.05, 3.63) is 33.3 Å². The number of nitrogens with one attached hydrogen (secondary N) is 2. The van der Waals surface area contributed by atoms with Crippen molar-refractivity contribution in [3.63, 3.8) is 0 Å². The average Bonchev–Trinajstić information content (AvgIpc) is 2.38. The van der Waals surface area contributed by atoms with Crippen LogP contribution in [0.5, 0.6) is 0 Å². The van der Waals surface area contributed by atoms with Crippen molar-refractivity contribution in [2.75, 3.05) is 31.5 Å². The van der Waals surface area contributed by atoms with Crippen LogP contribution in [0, 0.1) is 10.1 Å². The summed E-state index contributed by atoms with van der Waals surface area (Å²) in [6, 6.07) is 3.93. The molecule has 8 nitrogen and oxygen atoms in total. The number of piperazine rings is 1. The lowest BCUT2D eigenvalue weighted by Gasteiger charge is -2.25. The minimum Gasteiger partial charge on any atom is -0.354 e. The minimum atomic E-state index is -0.597. The summed E-state index contributed by atoms with van der Waals surface area (Å²) in [7, 11) is 0. The summed E-state index contributed by atoms with van der Waals surface area (Å²) in [6.07, 6.45) is 0. The Morgan fingerprint density at radius 1 is 1.52 bits per heavy atom. The van der Waals surface area contributed by atoms with Gasteiger partial charge in [-0.2, -0.15) is 0 Å². The van der Waals surface area contributed by atoms with Gasteiger partial charge < -0.3 is 10.6 Å². The highest BCUT2D eigenvalue weighted by atomic mass is 35.5. The predicted molar refractivity (Wildman–Crippen MR) is 76.2 cm³/mol. The molecule has 2 N–H and O–H groups in total. The van der Waals surface area contributed by atoms with Crippen LogP contribution in [0.3, 0.4) is 0 Å². The normalized spacial score (nSPS) is 15.4. The third kappa shape index (κ3) is 4.14. The molecule has 0 saturated carbocycles. The lowest BCUT2D eigenvalue weighted by Crippen LogP contribution is -2.49. The van der Waals surface area contributed by atoms with Crippen LogP contribution in [-0.2, 0) is 9.59 Å². The summed E-state index contributed by atoms with van der Waals surface area (Å²) < 4.78 is 0. The highest BCUT2D eigenvalue weighted by molar-refractivity contribution is 6.31. The molecule has 1 aliphatic rings.